The van der Waals surface area contributed by atoms with E-state index in [0.717, 1.165) is 19.6 Å². The van der Waals surface area contributed by atoms with E-state index in [0.29, 0.717) is 12.0 Å². The molecule has 0 bridgehead atoms. The SMILES string of the molecule is CCC1(C)CCN(CC(O)COC)CC1. The number of hydrogen-bond acceptors (Lipinski definition) is 3. The van der Waals surface area contributed by atoms with E-state index in [2.05, 4.69) is 18.7 Å². The Morgan fingerprint density at radius 3 is 2.47 bits per heavy atom. The molecule has 1 unspecified atom stereocenters. The van der Waals surface area contributed by atoms with Crippen LogP contribution < -0.4 is 0 Å². The average molecular weight is 215 g/mol. The first-order valence-electron chi connectivity index (χ1n) is 5.99. The van der Waals surface area contributed by atoms with Gasteiger partial charge in [0, 0.05) is 13.7 Å². The number of hydrogen-bond donors (Lipinski definition) is 1. The Hall–Kier alpha value is -0.120. The van der Waals surface area contributed by atoms with E-state index in [9.17, 15) is 5.11 Å². The monoisotopic (exact) mass is 215 g/mol. The van der Waals surface area contributed by atoms with Crippen molar-refractivity contribution in [2.75, 3.05) is 33.4 Å². The molecule has 1 saturated heterocycles. The summed E-state index contributed by atoms with van der Waals surface area (Å²) in [5.41, 5.74) is 0.530. The molecule has 0 radical (unpaired) electrons. The zero-order valence-corrected chi connectivity index (χ0v) is 10.3. The minimum Gasteiger partial charge on any atom is -0.389 e. The summed E-state index contributed by atoms with van der Waals surface area (Å²) >= 11 is 0. The molecule has 1 atom stereocenters. The summed E-state index contributed by atoms with van der Waals surface area (Å²) in [6, 6.07) is 0. The van der Waals surface area contributed by atoms with E-state index in [4.69, 9.17) is 4.74 Å². The minimum absolute atomic E-state index is 0.332. The Labute approximate surface area is 93.4 Å². The van der Waals surface area contributed by atoms with E-state index < -0.39 is 0 Å². The van der Waals surface area contributed by atoms with Gasteiger partial charge < -0.3 is 14.7 Å². The highest BCUT2D eigenvalue weighted by Crippen LogP contribution is 2.33. The van der Waals surface area contributed by atoms with Gasteiger partial charge in [-0.1, -0.05) is 20.3 Å². The van der Waals surface area contributed by atoms with E-state index in [-0.39, 0.29) is 6.10 Å². The molecule has 1 rings (SSSR count). The Morgan fingerprint density at radius 1 is 1.40 bits per heavy atom. The maximum absolute atomic E-state index is 9.62. The maximum atomic E-state index is 9.62. The summed E-state index contributed by atoms with van der Waals surface area (Å²) in [6.07, 6.45) is 3.44. The largest absolute Gasteiger partial charge is 0.389 e. The van der Waals surface area contributed by atoms with Crippen molar-refractivity contribution in [1.82, 2.24) is 4.90 Å². The second-order valence-electron chi connectivity index (χ2n) is 5.07. The summed E-state index contributed by atoms with van der Waals surface area (Å²) < 4.78 is 4.93. The van der Waals surface area contributed by atoms with E-state index in [1.807, 2.05) is 0 Å². The van der Waals surface area contributed by atoms with Crippen molar-refractivity contribution in [1.29, 1.82) is 0 Å². The van der Waals surface area contributed by atoms with E-state index in [1.165, 1.54) is 19.3 Å². The van der Waals surface area contributed by atoms with Crippen LogP contribution in [0, 0.1) is 5.41 Å². The number of aliphatic hydroxyl groups excluding tert-OH is 1. The van der Waals surface area contributed by atoms with Crippen LogP contribution in [0.2, 0.25) is 0 Å². The lowest BCUT2D eigenvalue weighted by molar-refractivity contribution is 0.0196. The van der Waals surface area contributed by atoms with Gasteiger partial charge in [0.05, 0.1) is 12.7 Å². The van der Waals surface area contributed by atoms with Crippen LogP contribution in [0.3, 0.4) is 0 Å². The van der Waals surface area contributed by atoms with Gasteiger partial charge in [-0.2, -0.15) is 0 Å². The van der Waals surface area contributed by atoms with Gasteiger partial charge in [-0.05, 0) is 31.3 Å². The van der Waals surface area contributed by atoms with Crippen LogP contribution in [-0.4, -0.2) is 49.5 Å². The van der Waals surface area contributed by atoms with Crippen molar-refractivity contribution in [3.63, 3.8) is 0 Å². The number of aliphatic hydroxyl groups is 1. The highest BCUT2D eigenvalue weighted by molar-refractivity contribution is 4.82. The van der Waals surface area contributed by atoms with Crippen LogP contribution in [0.1, 0.15) is 33.1 Å². The Balaban J connectivity index is 2.25. The van der Waals surface area contributed by atoms with Gasteiger partial charge in [-0.25, -0.2) is 0 Å². The zero-order chi connectivity index (χ0) is 11.3. The highest BCUT2D eigenvalue weighted by Gasteiger charge is 2.28. The molecule has 0 saturated carbocycles. The lowest BCUT2D eigenvalue weighted by atomic mass is 9.78. The molecule has 0 aliphatic carbocycles. The van der Waals surface area contributed by atoms with Crippen molar-refractivity contribution in [2.24, 2.45) is 5.41 Å². The Bertz CT molecular complexity index is 176. The molecule has 3 nitrogen and oxygen atoms in total. The summed E-state index contributed by atoms with van der Waals surface area (Å²) in [5, 5.41) is 9.62. The number of rotatable bonds is 5. The predicted octanol–water partition coefficient (Wildman–Crippen LogP) is 1.51. The summed E-state index contributed by atoms with van der Waals surface area (Å²) in [5.74, 6) is 0. The molecular weight excluding hydrogens is 190 g/mol. The number of ether oxygens (including phenoxy) is 1. The third kappa shape index (κ3) is 4.09. The van der Waals surface area contributed by atoms with Crippen LogP contribution >= 0.6 is 0 Å². The molecule has 90 valence electrons. The maximum Gasteiger partial charge on any atom is 0.0900 e. The molecule has 1 heterocycles. The Kier molecular flexibility index (Phi) is 5.03. The van der Waals surface area contributed by atoms with Crippen molar-refractivity contribution < 1.29 is 9.84 Å². The fourth-order valence-corrected chi connectivity index (χ4v) is 2.17. The van der Waals surface area contributed by atoms with Crippen molar-refractivity contribution in [3.8, 4) is 0 Å². The first kappa shape index (κ1) is 12.9. The van der Waals surface area contributed by atoms with Gasteiger partial charge >= 0.3 is 0 Å². The van der Waals surface area contributed by atoms with Gasteiger partial charge in [0.15, 0.2) is 0 Å². The van der Waals surface area contributed by atoms with Crippen LogP contribution in [-0.2, 0) is 4.74 Å². The normalized spacial score (nSPS) is 24.0. The van der Waals surface area contributed by atoms with Crippen LogP contribution in [0.5, 0.6) is 0 Å². The van der Waals surface area contributed by atoms with Gasteiger partial charge in [0.1, 0.15) is 0 Å². The van der Waals surface area contributed by atoms with Crippen LogP contribution in [0.25, 0.3) is 0 Å². The second-order valence-corrected chi connectivity index (χ2v) is 5.07. The molecule has 3 heteroatoms. The molecule has 15 heavy (non-hydrogen) atoms. The van der Waals surface area contributed by atoms with Crippen LogP contribution in [0.4, 0.5) is 0 Å². The third-order valence-corrected chi connectivity index (χ3v) is 3.74. The van der Waals surface area contributed by atoms with Gasteiger partial charge in [0.2, 0.25) is 0 Å². The zero-order valence-electron chi connectivity index (χ0n) is 10.3. The molecule has 1 aliphatic rings. The molecule has 1 fully saturated rings. The molecule has 0 aromatic carbocycles. The minimum atomic E-state index is -0.332. The number of likely N-dealkylation sites (tertiary alicyclic amines) is 1. The Morgan fingerprint density at radius 2 is 2.00 bits per heavy atom. The predicted molar refractivity (Wildman–Crippen MR) is 62.0 cm³/mol. The molecule has 1 aliphatic heterocycles. The second kappa shape index (κ2) is 5.83. The van der Waals surface area contributed by atoms with E-state index >= 15 is 0 Å². The highest BCUT2D eigenvalue weighted by atomic mass is 16.5. The standard InChI is InChI=1S/C12H25NO2/c1-4-12(2)5-7-13(8-6-12)9-11(14)10-15-3/h11,14H,4-10H2,1-3H3. The molecular formula is C12H25NO2. The van der Waals surface area contributed by atoms with Crippen molar-refractivity contribution in [2.45, 2.75) is 39.2 Å². The third-order valence-electron chi connectivity index (χ3n) is 3.74. The number of piperidine rings is 1. The lowest BCUT2D eigenvalue weighted by Gasteiger charge is -2.39. The summed E-state index contributed by atoms with van der Waals surface area (Å²) in [6.45, 7) is 8.08. The van der Waals surface area contributed by atoms with Crippen LogP contribution in [0.15, 0.2) is 0 Å². The smallest absolute Gasteiger partial charge is 0.0900 e. The summed E-state index contributed by atoms with van der Waals surface area (Å²) in [4.78, 5) is 2.35. The lowest BCUT2D eigenvalue weighted by Crippen LogP contribution is -2.42. The fraction of sp³-hybridized carbons (Fsp3) is 1.00. The molecule has 0 amide bonds. The number of β-amino-alcohol motifs (C(OH)–C–C–N with tert-alkyl or cyclic N) is 1. The van der Waals surface area contributed by atoms with Gasteiger partial charge in [0.25, 0.3) is 0 Å². The average Bonchev–Trinajstić information content (AvgIpc) is 2.22. The van der Waals surface area contributed by atoms with E-state index in [1.54, 1.807) is 7.11 Å². The molecule has 0 aromatic heterocycles. The first-order valence-corrected chi connectivity index (χ1v) is 5.99. The van der Waals surface area contributed by atoms with Gasteiger partial charge in [-0.3, -0.25) is 0 Å². The van der Waals surface area contributed by atoms with Crippen molar-refractivity contribution >= 4 is 0 Å². The molecule has 0 aromatic rings. The summed E-state index contributed by atoms with van der Waals surface area (Å²) in [7, 11) is 1.63. The topological polar surface area (TPSA) is 32.7 Å². The number of nitrogens with zero attached hydrogens (tertiary/aromatic N) is 1. The van der Waals surface area contributed by atoms with Crippen molar-refractivity contribution in [3.05, 3.63) is 0 Å². The fourth-order valence-electron chi connectivity index (χ4n) is 2.17. The number of methoxy groups -OCH3 is 1. The quantitative estimate of drug-likeness (QED) is 0.754. The molecule has 1 N–H and O–H groups in total. The molecule has 0 spiro atoms. The first-order chi connectivity index (χ1) is 7.09. The van der Waals surface area contributed by atoms with Gasteiger partial charge in [-0.15, -0.1) is 0 Å².